The number of carboxylic acids is 1. The molecule has 2 saturated carbocycles. The molecule has 0 bridgehead atoms. The van der Waals surface area contributed by atoms with Crippen LogP contribution in [0.3, 0.4) is 0 Å². The molecule has 0 radical (unpaired) electrons. The van der Waals surface area contributed by atoms with E-state index in [4.69, 9.17) is 5.11 Å². The first kappa shape index (κ1) is 14.8. The number of hydrogen-bond donors (Lipinski definition) is 1. The van der Waals surface area contributed by atoms with Crippen LogP contribution in [0, 0.1) is 17.8 Å². The zero-order chi connectivity index (χ0) is 14.8. The smallest absolute Gasteiger partial charge is 0.306 e. The van der Waals surface area contributed by atoms with Crippen molar-refractivity contribution >= 4 is 11.9 Å². The van der Waals surface area contributed by atoms with Crippen molar-refractivity contribution in [2.24, 2.45) is 17.8 Å². The largest absolute Gasteiger partial charge is 0.481 e. The summed E-state index contributed by atoms with van der Waals surface area (Å²) in [7, 11) is 0. The maximum absolute atomic E-state index is 12.5. The Morgan fingerprint density at radius 3 is 1.95 bits per heavy atom. The number of rotatable bonds is 4. The predicted octanol–water partition coefficient (Wildman–Crippen LogP) is 1.43. The second-order valence-corrected chi connectivity index (χ2v) is 6.96. The van der Waals surface area contributed by atoms with Crippen molar-refractivity contribution in [2.75, 3.05) is 32.7 Å². The summed E-state index contributed by atoms with van der Waals surface area (Å²) in [4.78, 5) is 28.0. The van der Waals surface area contributed by atoms with Crippen molar-refractivity contribution < 1.29 is 14.7 Å². The summed E-state index contributed by atoms with van der Waals surface area (Å²) >= 11 is 0. The number of nitrogens with zero attached hydrogens (tertiary/aromatic N) is 2. The molecule has 1 aliphatic heterocycles. The van der Waals surface area contributed by atoms with Crippen LogP contribution in [0.5, 0.6) is 0 Å². The lowest BCUT2D eigenvalue weighted by molar-refractivity contribution is -0.146. The van der Waals surface area contributed by atoms with E-state index in [1.165, 1.54) is 19.4 Å². The van der Waals surface area contributed by atoms with E-state index in [0.717, 1.165) is 44.9 Å². The number of amides is 1. The summed E-state index contributed by atoms with van der Waals surface area (Å²) in [5.74, 6) is 0.318. The van der Waals surface area contributed by atoms with Crippen molar-refractivity contribution in [1.82, 2.24) is 9.80 Å². The Morgan fingerprint density at radius 2 is 1.43 bits per heavy atom. The number of piperazine rings is 1. The number of carbonyl (C=O) groups is 2. The van der Waals surface area contributed by atoms with E-state index in [2.05, 4.69) is 4.90 Å². The van der Waals surface area contributed by atoms with Crippen LogP contribution in [-0.4, -0.2) is 59.5 Å². The first-order valence-corrected chi connectivity index (χ1v) is 8.37. The van der Waals surface area contributed by atoms with Gasteiger partial charge >= 0.3 is 5.97 Å². The van der Waals surface area contributed by atoms with Crippen molar-refractivity contribution in [3.8, 4) is 0 Å². The van der Waals surface area contributed by atoms with Gasteiger partial charge in [-0.1, -0.05) is 0 Å². The van der Waals surface area contributed by atoms with Crippen molar-refractivity contribution in [2.45, 2.75) is 38.5 Å². The quantitative estimate of drug-likeness (QED) is 0.852. The van der Waals surface area contributed by atoms with Crippen molar-refractivity contribution in [3.05, 3.63) is 0 Å². The van der Waals surface area contributed by atoms with Gasteiger partial charge in [-0.05, 0) is 44.4 Å². The summed E-state index contributed by atoms with van der Waals surface area (Å²) in [6.07, 6.45) is 5.58. The second kappa shape index (κ2) is 6.34. The highest BCUT2D eigenvalue weighted by atomic mass is 16.4. The summed E-state index contributed by atoms with van der Waals surface area (Å²) in [6, 6.07) is 0. The second-order valence-electron chi connectivity index (χ2n) is 6.96. The van der Waals surface area contributed by atoms with E-state index in [0.29, 0.717) is 12.8 Å². The summed E-state index contributed by atoms with van der Waals surface area (Å²) in [5.41, 5.74) is 0. The predicted molar refractivity (Wildman–Crippen MR) is 78.8 cm³/mol. The molecule has 0 spiro atoms. The molecule has 118 valence electrons. The molecule has 0 aromatic rings. The van der Waals surface area contributed by atoms with E-state index < -0.39 is 5.97 Å². The van der Waals surface area contributed by atoms with E-state index in [1.807, 2.05) is 4.90 Å². The maximum Gasteiger partial charge on any atom is 0.306 e. The van der Waals surface area contributed by atoms with E-state index >= 15 is 0 Å². The number of hydrogen-bond acceptors (Lipinski definition) is 3. The average molecular weight is 294 g/mol. The zero-order valence-corrected chi connectivity index (χ0v) is 12.7. The van der Waals surface area contributed by atoms with E-state index in [9.17, 15) is 9.59 Å². The first-order chi connectivity index (χ1) is 10.1. The van der Waals surface area contributed by atoms with Gasteiger partial charge in [0.25, 0.3) is 0 Å². The van der Waals surface area contributed by atoms with Crippen LogP contribution >= 0.6 is 0 Å². The molecule has 5 heteroatoms. The Morgan fingerprint density at radius 1 is 0.857 bits per heavy atom. The minimum atomic E-state index is -0.699. The van der Waals surface area contributed by atoms with Gasteiger partial charge in [-0.15, -0.1) is 0 Å². The van der Waals surface area contributed by atoms with Gasteiger partial charge in [0, 0.05) is 38.6 Å². The fourth-order valence-electron chi connectivity index (χ4n) is 3.66. The molecule has 1 amide bonds. The van der Waals surface area contributed by atoms with Gasteiger partial charge in [0.15, 0.2) is 0 Å². The van der Waals surface area contributed by atoms with Crippen LogP contribution < -0.4 is 0 Å². The summed E-state index contributed by atoms with van der Waals surface area (Å²) in [5, 5.41) is 9.02. The van der Waals surface area contributed by atoms with Crippen LogP contribution in [0.25, 0.3) is 0 Å². The van der Waals surface area contributed by atoms with Gasteiger partial charge in [0.1, 0.15) is 0 Å². The molecule has 21 heavy (non-hydrogen) atoms. The lowest BCUT2D eigenvalue weighted by Gasteiger charge is -2.37. The normalized spacial score (nSPS) is 31.1. The van der Waals surface area contributed by atoms with Crippen molar-refractivity contribution in [1.29, 1.82) is 0 Å². The molecule has 0 aromatic heterocycles. The van der Waals surface area contributed by atoms with Gasteiger partial charge in [-0.3, -0.25) is 14.5 Å². The Balaban J connectivity index is 1.42. The maximum atomic E-state index is 12.5. The molecular formula is C16H26N2O3. The van der Waals surface area contributed by atoms with Gasteiger partial charge in [0.05, 0.1) is 5.92 Å². The molecule has 5 nitrogen and oxygen atoms in total. The highest BCUT2D eigenvalue weighted by molar-refractivity contribution is 5.79. The first-order valence-electron chi connectivity index (χ1n) is 8.37. The fourth-order valence-corrected chi connectivity index (χ4v) is 3.66. The lowest BCUT2D eigenvalue weighted by atomic mass is 9.81. The molecule has 1 saturated heterocycles. The Labute approximate surface area is 126 Å². The van der Waals surface area contributed by atoms with Gasteiger partial charge in [0.2, 0.25) is 5.91 Å². The number of carbonyl (C=O) groups excluding carboxylic acids is 1. The topological polar surface area (TPSA) is 60.9 Å². The third-order valence-corrected chi connectivity index (χ3v) is 5.32. The van der Waals surface area contributed by atoms with Crippen molar-refractivity contribution in [3.63, 3.8) is 0 Å². The molecule has 0 atom stereocenters. The van der Waals surface area contributed by atoms with Crippen LogP contribution in [0.2, 0.25) is 0 Å². The van der Waals surface area contributed by atoms with Crippen LogP contribution in [0.15, 0.2) is 0 Å². The molecule has 1 N–H and O–H groups in total. The molecule has 0 unspecified atom stereocenters. The third kappa shape index (κ3) is 3.76. The molecule has 0 aromatic carbocycles. The van der Waals surface area contributed by atoms with Crippen LogP contribution in [0.1, 0.15) is 38.5 Å². The Bertz CT molecular complexity index is 392. The van der Waals surface area contributed by atoms with Crippen LogP contribution in [0.4, 0.5) is 0 Å². The number of aliphatic carboxylic acids is 1. The molecular weight excluding hydrogens is 268 g/mol. The van der Waals surface area contributed by atoms with Gasteiger partial charge in [-0.2, -0.15) is 0 Å². The van der Waals surface area contributed by atoms with Crippen LogP contribution in [-0.2, 0) is 9.59 Å². The molecule has 2 aliphatic carbocycles. The molecule has 1 heterocycles. The highest BCUT2D eigenvalue weighted by Gasteiger charge is 2.33. The number of carboxylic acid groups (broad SMARTS) is 1. The lowest BCUT2D eigenvalue weighted by Crippen LogP contribution is -2.51. The summed E-state index contributed by atoms with van der Waals surface area (Å²) in [6.45, 7) is 4.93. The van der Waals surface area contributed by atoms with Gasteiger partial charge < -0.3 is 10.0 Å². The average Bonchev–Trinajstić information content (AvgIpc) is 3.31. The molecule has 3 rings (SSSR count). The van der Waals surface area contributed by atoms with E-state index in [1.54, 1.807) is 0 Å². The monoisotopic (exact) mass is 294 g/mol. The zero-order valence-electron chi connectivity index (χ0n) is 12.7. The Hall–Kier alpha value is -1.10. The third-order valence-electron chi connectivity index (χ3n) is 5.32. The minimum Gasteiger partial charge on any atom is -0.481 e. The van der Waals surface area contributed by atoms with E-state index in [-0.39, 0.29) is 17.7 Å². The van der Waals surface area contributed by atoms with Gasteiger partial charge in [-0.25, -0.2) is 0 Å². The highest BCUT2D eigenvalue weighted by Crippen LogP contribution is 2.31. The SMILES string of the molecule is O=C(O)C1CCC(C(=O)N2CCN(CC3CC3)CC2)CC1. The minimum absolute atomic E-state index is 0.0654. The summed E-state index contributed by atoms with van der Waals surface area (Å²) < 4.78 is 0. The fraction of sp³-hybridized carbons (Fsp3) is 0.875. The molecule has 3 aliphatic rings. The Kier molecular flexibility index (Phi) is 4.48. The molecule has 3 fully saturated rings. The standard InChI is InChI=1S/C16H26N2O3/c19-15(13-3-5-14(6-4-13)16(20)21)18-9-7-17(8-10-18)11-12-1-2-12/h12-14H,1-11H2,(H,20,21).